The van der Waals surface area contributed by atoms with Crippen LogP contribution in [0, 0.1) is 5.92 Å². The molecule has 2 saturated heterocycles. The van der Waals surface area contributed by atoms with Gasteiger partial charge < -0.3 is 20.3 Å². The quantitative estimate of drug-likeness (QED) is 0.510. The Kier molecular flexibility index (Phi) is 9.46. The van der Waals surface area contributed by atoms with Crippen LogP contribution in [-0.2, 0) is 4.74 Å². The van der Waals surface area contributed by atoms with Crippen molar-refractivity contribution >= 4 is 5.96 Å². The Morgan fingerprint density at radius 1 is 1.04 bits per heavy atom. The van der Waals surface area contributed by atoms with Crippen LogP contribution in [0.4, 0.5) is 0 Å². The van der Waals surface area contributed by atoms with E-state index < -0.39 is 0 Å². The van der Waals surface area contributed by atoms with Crippen LogP contribution in [0.25, 0.3) is 0 Å². The molecule has 1 atom stereocenters. The molecule has 0 radical (unpaired) electrons. The van der Waals surface area contributed by atoms with E-state index in [0.717, 1.165) is 65.0 Å². The van der Waals surface area contributed by atoms with Crippen molar-refractivity contribution in [3.05, 3.63) is 0 Å². The molecule has 0 saturated carbocycles. The van der Waals surface area contributed by atoms with Gasteiger partial charge in [-0.2, -0.15) is 0 Å². The summed E-state index contributed by atoms with van der Waals surface area (Å²) in [5.41, 5.74) is 0. The van der Waals surface area contributed by atoms with Crippen LogP contribution < -0.4 is 10.6 Å². The Balaban J connectivity index is 1.66. The molecule has 140 valence electrons. The molecule has 2 aliphatic rings. The van der Waals surface area contributed by atoms with Gasteiger partial charge in [0.25, 0.3) is 0 Å². The van der Waals surface area contributed by atoms with E-state index in [-0.39, 0.29) is 0 Å². The van der Waals surface area contributed by atoms with Crippen molar-refractivity contribution in [2.75, 3.05) is 72.1 Å². The first kappa shape index (κ1) is 19.5. The van der Waals surface area contributed by atoms with E-state index in [2.05, 4.69) is 34.3 Å². The largest absolute Gasteiger partial charge is 0.379 e. The fraction of sp³-hybridized carbons (Fsp3) is 0.944. The van der Waals surface area contributed by atoms with Crippen molar-refractivity contribution < 1.29 is 4.74 Å². The molecule has 2 heterocycles. The molecule has 2 N–H and O–H groups in total. The summed E-state index contributed by atoms with van der Waals surface area (Å²) in [7, 11) is 0. The lowest BCUT2D eigenvalue weighted by Crippen LogP contribution is -2.43. The number of hydrogen-bond donors (Lipinski definition) is 2. The number of nitrogens with zero attached hydrogens (tertiary/aromatic N) is 3. The number of likely N-dealkylation sites (tertiary alicyclic amines) is 1. The van der Waals surface area contributed by atoms with Crippen LogP contribution in [0.5, 0.6) is 0 Å². The number of hydrogen-bond acceptors (Lipinski definition) is 4. The van der Waals surface area contributed by atoms with E-state index in [1.54, 1.807) is 0 Å². The minimum Gasteiger partial charge on any atom is -0.379 e. The summed E-state index contributed by atoms with van der Waals surface area (Å²) < 4.78 is 5.41. The van der Waals surface area contributed by atoms with Gasteiger partial charge >= 0.3 is 0 Å². The summed E-state index contributed by atoms with van der Waals surface area (Å²) in [4.78, 5) is 9.82. The Labute approximate surface area is 148 Å². The van der Waals surface area contributed by atoms with Crippen LogP contribution in [-0.4, -0.2) is 87.9 Å². The third-order valence-corrected chi connectivity index (χ3v) is 4.75. The molecule has 2 aliphatic heterocycles. The van der Waals surface area contributed by atoms with Crippen LogP contribution in [0.2, 0.25) is 0 Å². The highest BCUT2D eigenvalue weighted by molar-refractivity contribution is 5.79. The van der Waals surface area contributed by atoms with Gasteiger partial charge in [0.05, 0.1) is 13.2 Å². The lowest BCUT2D eigenvalue weighted by atomic mass is 10.1. The van der Waals surface area contributed by atoms with Gasteiger partial charge in [0, 0.05) is 45.8 Å². The van der Waals surface area contributed by atoms with Crippen LogP contribution in [0.15, 0.2) is 4.99 Å². The average Bonchev–Trinajstić information content (AvgIpc) is 2.61. The summed E-state index contributed by atoms with van der Waals surface area (Å²) in [6, 6.07) is 0. The fourth-order valence-electron chi connectivity index (χ4n) is 3.39. The Morgan fingerprint density at radius 3 is 2.50 bits per heavy atom. The van der Waals surface area contributed by atoms with Gasteiger partial charge in [0.1, 0.15) is 0 Å². The van der Waals surface area contributed by atoms with E-state index in [9.17, 15) is 0 Å². The highest BCUT2D eigenvalue weighted by Gasteiger charge is 2.14. The highest BCUT2D eigenvalue weighted by atomic mass is 16.5. The monoisotopic (exact) mass is 339 g/mol. The van der Waals surface area contributed by atoms with Crippen LogP contribution >= 0.6 is 0 Å². The lowest BCUT2D eigenvalue weighted by molar-refractivity contribution is 0.0323. The molecule has 0 aromatic heterocycles. The van der Waals surface area contributed by atoms with Crippen molar-refractivity contribution in [3.63, 3.8) is 0 Å². The first-order chi connectivity index (χ1) is 11.8. The Hall–Kier alpha value is -0.850. The van der Waals surface area contributed by atoms with Crippen molar-refractivity contribution in [3.8, 4) is 0 Å². The average molecular weight is 340 g/mol. The summed E-state index contributed by atoms with van der Waals surface area (Å²) in [6.07, 6.45) is 4.11. The zero-order valence-corrected chi connectivity index (χ0v) is 15.7. The predicted octanol–water partition coefficient (Wildman–Crippen LogP) is 0.996. The van der Waals surface area contributed by atoms with E-state index >= 15 is 0 Å². The zero-order chi connectivity index (χ0) is 17.0. The molecule has 24 heavy (non-hydrogen) atoms. The molecule has 0 aromatic carbocycles. The van der Waals surface area contributed by atoms with Crippen molar-refractivity contribution in [1.29, 1.82) is 0 Å². The van der Waals surface area contributed by atoms with E-state index in [1.807, 2.05) is 0 Å². The lowest BCUT2D eigenvalue weighted by Gasteiger charge is -2.28. The normalized spacial score (nSPS) is 22.3. The molecular formula is C18H37N5O. The van der Waals surface area contributed by atoms with Crippen molar-refractivity contribution in [2.24, 2.45) is 10.9 Å². The van der Waals surface area contributed by atoms with E-state index in [0.29, 0.717) is 5.92 Å². The molecule has 0 aromatic rings. The van der Waals surface area contributed by atoms with Gasteiger partial charge in [-0.3, -0.25) is 9.89 Å². The molecule has 0 bridgehead atoms. The summed E-state index contributed by atoms with van der Waals surface area (Å²) in [5.74, 6) is 1.53. The maximum atomic E-state index is 5.41. The SMILES string of the molecule is CCNC(=NCC(C)CN1CCOCC1)NCCN1CCCCC1. The van der Waals surface area contributed by atoms with E-state index in [4.69, 9.17) is 9.73 Å². The van der Waals surface area contributed by atoms with Gasteiger partial charge in [-0.05, 0) is 38.8 Å². The molecule has 6 heteroatoms. The van der Waals surface area contributed by atoms with Gasteiger partial charge in [-0.1, -0.05) is 13.3 Å². The molecule has 2 rings (SSSR count). The standard InChI is InChI=1S/C18H37N5O/c1-3-19-18(20-7-10-22-8-5-4-6-9-22)21-15-17(2)16-23-11-13-24-14-12-23/h17H,3-16H2,1-2H3,(H2,19,20,21). The molecule has 0 amide bonds. The van der Waals surface area contributed by atoms with Crippen LogP contribution in [0.3, 0.4) is 0 Å². The van der Waals surface area contributed by atoms with Crippen molar-refractivity contribution in [1.82, 2.24) is 20.4 Å². The second kappa shape index (κ2) is 11.7. The topological polar surface area (TPSA) is 52.1 Å². The second-order valence-corrected chi connectivity index (χ2v) is 7.07. The predicted molar refractivity (Wildman–Crippen MR) is 101 cm³/mol. The molecular weight excluding hydrogens is 302 g/mol. The van der Waals surface area contributed by atoms with Crippen LogP contribution in [0.1, 0.15) is 33.1 Å². The third-order valence-electron chi connectivity index (χ3n) is 4.75. The smallest absolute Gasteiger partial charge is 0.191 e. The molecule has 0 aliphatic carbocycles. The second-order valence-electron chi connectivity index (χ2n) is 7.07. The number of nitrogens with one attached hydrogen (secondary N) is 2. The minimum absolute atomic E-state index is 0.570. The minimum atomic E-state index is 0.570. The highest BCUT2D eigenvalue weighted by Crippen LogP contribution is 2.07. The molecule has 6 nitrogen and oxygen atoms in total. The maximum Gasteiger partial charge on any atom is 0.191 e. The molecule has 0 spiro atoms. The number of piperidine rings is 1. The number of ether oxygens (including phenoxy) is 1. The number of rotatable bonds is 8. The Bertz CT molecular complexity index is 351. The van der Waals surface area contributed by atoms with Gasteiger partial charge in [-0.15, -0.1) is 0 Å². The van der Waals surface area contributed by atoms with Crippen molar-refractivity contribution in [2.45, 2.75) is 33.1 Å². The first-order valence-electron chi connectivity index (χ1n) is 9.82. The number of morpholine rings is 1. The maximum absolute atomic E-state index is 5.41. The summed E-state index contributed by atoms with van der Waals surface area (Å²) in [5, 5.41) is 6.86. The summed E-state index contributed by atoms with van der Waals surface area (Å²) in [6.45, 7) is 15.8. The van der Waals surface area contributed by atoms with Gasteiger partial charge in [0.15, 0.2) is 5.96 Å². The third kappa shape index (κ3) is 7.81. The molecule has 2 fully saturated rings. The number of guanidine groups is 1. The first-order valence-corrected chi connectivity index (χ1v) is 9.82. The molecule has 1 unspecified atom stereocenters. The van der Waals surface area contributed by atoms with E-state index in [1.165, 1.54) is 32.4 Å². The summed E-state index contributed by atoms with van der Waals surface area (Å²) >= 11 is 0. The number of aliphatic imine (C=N–C) groups is 1. The fourth-order valence-corrected chi connectivity index (χ4v) is 3.39. The van der Waals surface area contributed by atoms with Gasteiger partial charge in [-0.25, -0.2) is 0 Å². The van der Waals surface area contributed by atoms with Gasteiger partial charge in [0.2, 0.25) is 0 Å². The Morgan fingerprint density at radius 2 is 1.79 bits per heavy atom. The zero-order valence-electron chi connectivity index (χ0n) is 15.7.